The minimum absolute atomic E-state index is 0.0418. The molecule has 0 saturated carbocycles. The van der Waals surface area contributed by atoms with E-state index in [9.17, 15) is 4.79 Å². The second kappa shape index (κ2) is 8.52. The van der Waals surface area contributed by atoms with Crippen molar-refractivity contribution in [1.82, 2.24) is 4.57 Å². The third kappa shape index (κ3) is 4.29. The van der Waals surface area contributed by atoms with Gasteiger partial charge in [0.2, 0.25) is 0 Å². The predicted molar refractivity (Wildman–Crippen MR) is 125 cm³/mol. The van der Waals surface area contributed by atoms with Gasteiger partial charge in [-0.3, -0.25) is 4.79 Å². The summed E-state index contributed by atoms with van der Waals surface area (Å²) < 4.78 is 4.18. The average Bonchev–Trinajstić information content (AvgIpc) is 3.05. The number of halogens is 2. The molecule has 0 aliphatic heterocycles. The maximum Gasteiger partial charge on any atom is 0.194 e. The molecule has 0 saturated heterocycles. The van der Waals surface area contributed by atoms with Gasteiger partial charge >= 0.3 is 0 Å². The van der Waals surface area contributed by atoms with Crippen LogP contribution in [0, 0.1) is 6.92 Å². The van der Waals surface area contributed by atoms with Gasteiger partial charge in [-0.25, -0.2) is 0 Å². The monoisotopic (exact) mass is 507 g/mol. The van der Waals surface area contributed by atoms with Gasteiger partial charge in [-0.05, 0) is 60.0 Å². The van der Waals surface area contributed by atoms with Gasteiger partial charge in [-0.2, -0.15) is 0 Å². The number of carbonyl (C=O) groups excluding carboxylic acids is 1. The highest BCUT2D eigenvalue weighted by Gasteiger charge is 2.20. The molecule has 0 N–H and O–H groups in total. The molecule has 0 spiro atoms. The number of carbonyl (C=O) groups is 1. The average molecular weight is 509 g/mol. The third-order valence-electron chi connectivity index (χ3n) is 5.00. The summed E-state index contributed by atoms with van der Waals surface area (Å²) in [7, 11) is 0. The first-order valence-electron chi connectivity index (χ1n) is 9.33. The van der Waals surface area contributed by atoms with E-state index in [1.807, 2.05) is 67.7 Å². The lowest BCUT2D eigenvalue weighted by Gasteiger charge is -2.11. The van der Waals surface area contributed by atoms with Gasteiger partial charge in [-0.1, -0.05) is 74.3 Å². The predicted octanol–water partition coefficient (Wildman–Crippen LogP) is 7.27. The van der Waals surface area contributed by atoms with Gasteiger partial charge in [0.25, 0.3) is 0 Å². The number of hydrogen-bond donors (Lipinski definition) is 0. The van der Waals surface area contributed by atoms with Gasteiger partial charge in [-0.15, -0.1) is 0 Å². The Labute approximate surface area is 187 Å². The number of benzene rings is 3. The second-order valence-corrected chi connectivity index (χ2v) is 8.80. The SMILES string of the molecule is Cc1c(C(=O)c2ccc(Br)cc2)cn(Cc2ccccc2)c1-c1ccc(Br)cc1. The highest BCUT2D eigenvalue weighted by molar-refractivity contribution is 9.10. The van der Waals surface area contributed by atoms with E-state index in [0.717, 1.165) is 31.3 Å². The molecule has 1 heterocycles. The Morgan fingerprint density at radius 1 is 0.828 bits per heavy atom. The molecule has 0 aliphatic rings. The minimum atomic E-state index is 0.0418. The first-order chi connectivity index (χ1) is 14.0. The van der Waals surface area contributed by atoms with Crippen molar-refractivity contribution in [3.05, 3.63) is 116 Å². The van der Waals surface area contributed by atoms with Crippen LogP contribution >= 0.6 is 31.9 Å². The number of nitrogens with zero attached hydrogens (tertiary/aromatic N) is 1. The first kappa shape index (κ1) is 19.9. The van der Waals surface area contributed by atoms with Crippen LogP contribution in [0.5, 0.6) is 0 Å². The van der Waals surface area contributed by atoms with Gasteiger partial charge in [0.1, 0.15) is 0 Å². The molecule has 0 radical (unpaired) electrons. The molecule has 0 aliphatic carbocycles. The fourth-order valence-corrected chi connectivity index (χ4v) is 4.07. The van der Waals surface area contributed by atoms with Crippen LogP contribution in [0.25, 0.3) is 11.3 Å². The number of rotatable bonds is 5. The lowest BCUT2D eigenvalue weighted by atomic mass is 10.00. The van der Waals surface area contributed by atoms with Gasteiger partial charge in [0.15, 0.2) is 5.78 Å². The fourth-order valence-electron chi connectivity index (χ4n) is 3.54. The molecular formula is C25H19Br2NO. The third-order valence-corrected chi connectivity index (χ3v) is 6.05. The van der Waals surface area contributed by atoms with Crippen molar-refractivity contribution < 1.29 is 4.79 Å². The Bertz CT molecular complexity index is 1140. The molecule has 2 nitrogen and oxygen atoms in total. The summed E-state index contributed by atoms with van der Waals surface area (Å²) in [5.74, 6) is 0.0418. The van der Waals surface area contributed by atoms with Crippen LogP contribution in [0.4, 0.5) is 0 Å². The van der Waals surface area contributed by atoms with Crippen molar-refractivity contribution in [2.24, 2.45) is 0 Å². The number of aromatic nitrogens is 1. The first-order valence-corrected chi connectivity index (χ1v) is 10.9. The van der Waals surface area contributed by atoms with Crippen molar-refractivity contribution in [3.8, 4) is 11.3 Å². The smallest absolute Gasteiger partial charge is 0.194 e. The topological polar surface area (TPSA) is 22.0 Å². The van der Waals surface area contributed by atoms with Crippen molar-refractivity contribution in [2.75, 3.05) is 0 Å². The highest BCUT2D eigenvalue weighted by Crippen LogP contribution is 2.31. The normalized spacial score (nSPS) is 10.9. The van der Waals surface area contributed by atoms with Gasteiger partial charge in [0, 0.05) is 32.8 Å². The van der Waals surface area contributed by atoms with E-state index in [2.05, 4.69) is 60.7 Å². The van der Waals surface area contributed by atoms with E-state index in [0.29, 0.717) is 12.1 Å². The molecular weight excluding hydrogens is 490 g/mol. The minimum Gasteiger partial charge on any atom is -0.342 e. The van der Waals surface area contributed by atoms with Crippen LogP contribution in [-0.4, -0.2) is 10.4 Å². The Morgan fingerprint density at radius 3 is 2.03 bits per heavy atom. The molecule has 3 aromatic carbocycles. The summed E-state index contributed by atoms with van der Waals surface area (Å²) >= 11 is 6.94. The summed E-state index contributed by atoms with van der Waals surface area (Å²) in [6.45, 7) is 2.74. The van der Waals surface area contributed by atoms with E-state index in [1.54, 1.807) is 0 Å². The van der Waals surface area contributed by atoms with Crippen LogP contribution in [0.1, 0.15) is 27.0 Å². The summed E-state index contributed by atoms with van der Waals surface area (Å²) in [5, 5.41) is 0. The van der Waals surface area contributed by atoms with E-state index in [1.165, 1.54) is 5.56 Å². The van der Waals surface area contributed by atoms with Crippen molar-refractivity contribution in [2.45, 2.75) is 13.5 Å². The zero-order chi connectivity index (χ0) is 20.4. The number of hydrogen-bond acceptors (Lipinski definition) is 1. The quantitative estimate of drug-likeness (QED) is 0.260. The Kier molecular flexibility index (Phi) is 5.84. The molecule has 0 amide bonds. The second-order valence-electron chi connectivity index (χ2n) is 6.97. The molecule has 1 aromatic heterocycles. The Hall–Kier alpha value is -2.43. The van der Waals surface area contributed by atoms with Crippen LogP contribution in [0.3, 0.4) is 0 Å². The van der Waals surface area contributed by atoms with Crippen molar-refractivity contribution >= 4 is 37.6 Å². The molecule has 0 unspecified atom stereocenters. The summed E-state index contributed by atoms with van der Waals surface area (Å²) in [4.78, 5) is 13.2. The van der Waals surface area contributed by atoms with Crippen LogP contribution < -0.4 is 0 Å². The summed E-state index contributed by atoms with van der Waals surface area (Å²) in [5.41, 5.74) is 5.79. The summed E-state index contributed by atoms with van der Waals surface area (Å²) in [6, 6.07) is 26.1. The fraction of sp³-hybridized carbons (Fsp3) is 0.0800. The number of ketones is 1. The Morgan fingerprint density at radius 2 is 1.41 bits per heavy atom. The van der Waals surface area contributed by atoms with E-state index < -0.39 is 0 Å². The molecule has 0 bridgehead atoms. The standard InChI is InChI=1S/C25H19Br2NO/c1-17-23(25(29)20-9-13-22(27)14-10-20)16-28(15-18-5-3-2-4-6-18)24(17)19-7-11-21(26)12-8-19/h2-14,16H,15H2,1H3. The summed E-state index contributed by atoms with van der Waals surface area (Å²) in [6.07, 6.45) is 1.99. The molecule has 4 aromatic rings. The molecule has 4 rings (SSSR count). The lowest BCUT2D eigenvalue weighted by molar-refractivity contribution is 0.103. The van der Waals surface area contributed by atoms with Crippen molar-refractivity contribution in [1.29, 1.82) is 0 Å². The lowest BCUT2D eigenvalue weighted by Crippen LogP contribution is -2.02. The van der Waals surface area contributed by atoms with E-state index in [4.69, 9.17) is 0 Å². The van der Waals surface area contributed by atoms with Gasteiger partial charge < -0.3 is 4.57 Å². The van der Waals surface area contributed by atoms with E-state index in [-0.39, 0.29) is 5.78 Å². The maximum absolute atomic E-state index is 13.2. The molecule has 29 heavy (non-hydrogen) atoms. The zero-order valence-corrected chi connectivity index (χ0v) is 19.1. The highest BCUT2D eigenvalue weighted by atomic mass is 79.9. The Balaban J connectivity index is 1.82. The molecule has 0 atom stereocenters. The van der Waals surface area contributed by atoms with Crippen LogP contribution in [0.2, 0.25) is 0 Å². The molecule has 4 heteroatoms. The van der Waals surface area contributed by atoms with Crippen molar-refractivity contribution in [3.63, 3.8) is 0 Å². The maximum atomic E-state index is 13.2. The zero-order valence-electron chi connectivity index (χ0n) is 15.9. The van der Waals surface area contributed by atoms with E-state index >= 15 is 0 Å². The van der Waals surface area contributed by atoms with Crippen LogP contribution in [-0.2, 0) is 6.54 Å². The largest absolute Gasteiger partial charge is 0.342 e. The molecule has 0 fully saturated rings. The van der Waals surface area contributed by atoms with Gasteiger partial charge in [0.05, 0.1) is 5.69 Å². The molecule has 144 valence electrons. The van der Waals surface area contributed by atoms with Crippen LogP contribution in [0.15, 0.2) is 94.0 Å².